The number of imidazole rings is 1. The van der Waals surface area contributed by atoms with Crippen LogP contribution in [0.2, 0.25) is 0 Å². The molecule has 3 rings (SSSR count). The Labute approximate surface area is 186 Å². The Morgan fingerprint density at radius 1 is 1.16 bits per heavy atom. The van der Waals surface area contributed by atoms with E-state index in [1.807, 2.05) is 30.0 Å². The van der Waals surface area contributed by atoms with Crippen LogP contribution in [0.5, 0.6) is 0 Å². The maximum Gasteiger partial charge on any atom is 0.241 e. The summed E-state index contributed by atoms with van der Waals surface area (Å²) >= 11 is 1.55. The minimum Gasteiger partial charge on any atom is -0.351 e. The normalized spacial score (nSPS) is 12.5. The van der Waals surface area contributed by atoms with Crippen molar-refractivity contribution in [3.8, 4) is 5.82 Å². The first-order chi connectivity index (χ1) is 14.9. The standard InChI is InChI=1S/C21H25N5O3S2/c1-16-22-11-12-26(16)20-14-17(8-10-23-20)15-24-21(27)19(9-13-30-2)25-31(28,29)18-6-4-3-5-7-18/h3-8,10-12,14,19,25H,9,13,15H2,1-2H3,(H,24,27). The number of amides is 1. The zero-order valence-corrected chi connectivity index (χ0v) is 19.0. The Balaban J connectivity index is 1.69. The van der Waals surface area contributed by atoms with Crippen LogP contribution in [0, 0.1) is 6.92 Å². The quantitative estimate of drug-likeness (QED) is 0.482. The molecule has 0 saturated heterocycles. The molecule has 0 aliphatic heterocycles. The molecule has 164 valence electrons. The van der Waals surface area contributed by atoms with Crippen LogP contribution in [0.25, 0.3) is 5.82 Å². The molecule has 1 atom stereocenters. The topological polar surface area (TPSA) is 106 Å². The molecule has 1 aromatic carbocycles. The third kappa shape index (κ3) is 6.16. The van der Waals surface area contributed by atoms with Crippen LogP contribution in [0.4, 0.5) is 0 Å². The number of pyridine rings is 1. The highest BCUT2D eigenvalue weighted by Gasteiger charge is 2.25. The van der Waals surface area contributed by atoms with Crippen LogP contribution in [0.1, 0.15) is 17.8 Å². The van der Waals surface area contributed by atoms with Gasteiger partial charge in [0.1, 0.15) is 17.7 Å². The third-order valence-electron chi connectivity index (χ3n) is 4.63. The number of nitrogens with one attached hydrogen (secondary N) is 2. The molecule has 2 N–H and O–H groups in total. The van der Waals surface area contributed by atoms with Gasteiger partial charge in [-0.25, -0.2) is 18.4 Å². The monoisotopic (exact) mass is 459 g/mol. The summed E-state index contributed by atoms with van der Waals surface area (Å²) < 4.78 is 29.7. The van der Waals surface area contributed by atoms with Crippen LogP contribution in [-0.2, 0) is 21.4 Å². The van der Waals surface area contributed by atoms with E-state index in [0.29, 0.717) is 18.0 Å². The number of benzene rings is 1. The van der Waals surface area contributed by atoms with Gasteiger partial charge in [0.05, 0.1) is 4.90 Å². The second-order valence-electron chi connectivity index (χ2n) is 6.85. The molecular formula is C21H25N5O3S2. The van der Waals surface area contributed by atoms with Gasteiger partial charge in [0.2, 0.25) is 15.9 Å². The highest BCUT2D eigenvalue weighted by Crippen LogP contribution is 2.12. The fourth-order valence-electron chi connectivity index (χ4n) is 2.97. The van der Waals surface area contributed by atoms with Crippen LogP contribution >= 0.6 is 11.8 Å². The molecule has 0 radical (unpaired) electrons. The molecule has 8 nitrogen and oxygen atoms in total. The zero-order chi connectivity index (χ0) is 22.3. The molecule has 3 aromatic rings. The zero-order valence-electron chi connectivity index (χ0n) is 17.4. The predicted octanol–water partition coefficient (Wildman–Crippen LogP) is 2.29. The summed E-state index contributed by atoms with van der Waals surface area (Å²) in [6.45, 7) is 2.14. The van der Waals surface area contributed by atoms with E-state index in [4.69, 9.17) is 0 Å². The van der Waals surface area contributed by atoms with Crippen molar-refractivity contribution in [1.29, 1.82) is 0 Å². The average Bonchev–Trinajstić information content (AvgIpc) is 3.21. The van der Waals surface area contributed by atoms with E-state index in [9.17, 15) is 13.2 Å². The molecule has 0 spiro atoms. The van der Waals surface area contributed by atoms with E-state index >= 15 is 0 Å². The van der Waals surface area contributed by atoms with E-state index in [-0.39, 0.29) is 17.3 Å². The molecule has 2 heterocycles. The Morgan fingerprint density at radius 3 is 2.61 bits per heavy atom. The minimum absolute atomic E-state index is 0.131. The van der Waals surface area contributed by atoms with Crippen molar-refractivity contribution in [3.63, 3.8) is 0 Å². The van der Waals surface area contributed by atoms with E-state index in [2.05, 4.69) is 20.0 Å². The van der Waals surface area contributed by atoms with Crippen LogP contribution < -0.4 is 10.0 Å². The van der Waals surface area contributed by atoms with Gasteiger partial charge in [-0.15, -0.1) is 0 Å². The lowest BCUT2D eigenvalue weighted by Crippen LogP contribution is -2.46. The maximum atomic E-state index is 12.8. The molecule has 0 fully saturated rings. The van der Waals surface area contributed by atoms with E-state index < -0.39 is 16.1 Å². The van der Waals surface area contributed by atoms with Gasteiger partial charge in [-0.2, -0.15) is 16.5 Å². The largest absolute Gasteiger partial charge is 0.351 e. The van der Waals surface area contributed by atoms with Gasteiger partial charge in [-0.1, -0.05) is 18.2 Å². The highest BCUT2D eigenvalue weighted by molar-refractivity contribution is 7.98. The van der Waals surface area contributed by atoms with E-state index in [0.717, 1.165) is 11.4 Å². The molecule has 0 saturated carbocycles. The summed E-state index contributed by atoms with van der Waals surface area (Å²) in [6.07, 6.45) is 7.48. The van der Waals surface area contributed by atoms with Crippen LogP contribution in [-0.4, -0.2) is 46.9 Å². The van der Waals surface area contributed by atoms with Gasteiger partial charge in [-0.05, 0) is 55.2 Å². The second kappa shape index (κ2) is 10.6. The summed E-state index contributed by atoms with van der Waals surface area (Å²) in [4.78, 5) is 21.5. The van der Waals surface area contributed by atoms with E-state index in [1.54, 1.807) is 48.4 Å². The van der Waals surface area contributed by atoms with Crippen molar-refractivity contribution in [1.82, 2.24) is 24.6 Å². The lowest BCUT2D eigenvalue weighted by atomic mass is 10.2. The van der Waals surface area contributed by atoms with Gasteiger partial charge in [0.15, 0.2) is 0 Å². The van der Waals surface area contributed by atoms with Crippen molar-refractivity contribution in [2.75, 3.05) is 12.0 Å². The molecule has 0 aliphatic rings. The number of sulfonamides is 1. The van der Waals surface area contributed by atoms with Crippen LogP contribution in [0.3, 0.4) is 0 Å². The molecule has 0 bridgehead atoms. The van der Waals surface area contributed by atoms with Gasteiger partial charge < -0.3 is 5.32 Å². The molecular weight excluding hydrogens is 434 g/mol. The first-order valence-electron chi connectivity index (χ1n) is 9.70. The molecule has 2 aromatic heterocycles. The first-order valence-corrected chi connectivity index (χ1v) is 12.6. The third-order valence-corrected chi connectivity index (χ3v) is 6.76. The molecule has 0 aliphatic carbocycles. The number of aryl methyl sites for hydroxylation is 1. The number of carbonyl (C=O) groups excluding carboxylic acids is 1. The average molecular weight is 460 g/mol. The summed E-state index contributed by atoms with van der Waals surface area (Å²) in [5.41, 5.74) is 0.848. The van der Waals surface area contributed by atoms with Gasteiger partial charge in [0, 0.05) is 25.1 Å². The number of rotatable bonds is 10. The summed E-state index contributed by atoms with van der Waals surface area (Å²) in [5.74, 6) is 1.78. The molecule has 10 heteroatoms. The summed E-state index contributed by atoms with van der Waals surface area (Å²) in [6, 6.07) is 10.8. The number of hydrogen-bond donors (Lipinski definition) is 2. The van der Waals surface area contributed by atoms with Gasteiger partial charge >= 0.3 is 0 Å². The minimum atomic E-state index is -3.80. The number of thioether (sulfide) groups is 1. The smallest absolute Gasteiger partial charge is 0.241 e. The highest BCUT2D eigenvalue weighted by atomic mass is 32.2. The van der Waals surface area contributed by atoms with Crippen molar-refractivity contribution >= 4 is 27.7 Å². The number of aromatic nitrogens is 3. The number of hydrogen-bond acceptors (Lipinski definition) is 6. The molecule has 1 unspecified atom stereocenters. The molecule has 1 amide bonds. The fourth-order valence-corrected chi connectivity index (χ4v) is 4.69. The maximum absolute atomic E-state index is 12.8. The first kappa shape index (κ1) is 23.0. The lowest BCUT2D eigenvalue weighted by Gasteiger charge is -2.18. The van der Waals surface area contributed by atoms with Crippen LogP contribution in [0.15, 0.2) is 66.0 Å². The summed E-state index contributed by atoms with van der Waals surface area (Å²) in [7, 11) is -3.80. The Hall–Kier alpha value is -2.69. The van der Waals surface area contributed by atoms with E-state index in [1.165, 1.54) is 12.1 Å². The van der Waals surface area contributed by atoms with Crippen molar-refractivity contribution < 1.29 is 13.2 Å². The van der Waals surface area contributed by atoms with Crippen molar-refractivity contribution in [3.05, 3.63) is 72.4 Å². The second-order valence-corrected chi connectivity index (χ2v) is 9.55. The Kier molecular flexibility index (Phi) is 7.83. The Morgan fingerprint density at radius 2 is 1.94 bits per heavy atom. The molecule has 31 heavy (non-hydrogen) atoms. The van der Waals surface area contributed by atoms with Gasteiger partial charge in [-0.3, -0.25) is 9.36 Å². The summed E-state index contributed by atoms with van der Waals surface area (Å²) in [5, 5.41) is 2.84. The predicted molar refractivity (Wildman–Crippen MR) is 121 cm³/mol. The lowest BCUT2D eigenvalue weighted by molar-refractivity contribution is -0.122. The number of nitrogens with zero attached hydrogens (tertiary/aromatic N) is 3. The van der Waals surface area contributed by atoms with Crippen molar-refractivity contribution in [2.24, 2.45) is 0 Å². The Bertz CT molecular complexity index is 1120. The van der Waals surface area contributed by atoms with Gasteiger partial charge in [0.25, 0.3) is 0 Å². The SMILES string of the molecule is CSCCC(NS(=O)(=O)c1ccccc1)C(=O)NCc1ccnc(-n2ccnc2C)c1. The fraction of sp³-hybridized carbons (Fsp3) is 0.286. The number of carbonyl (C=O) groups is 1. The van der Waals surface area contributed by atoms with Crippen molar-refractivity contribution in [2.45, 2.75) is 30.8 Å².